The first-order valence-electron chi connectivity index (χ1n) is 5.71. The van der Waals surface area contributed by atoms with E-state index in [4.69, 9.17) is 0 Å². The van der Waals surface area contributed by atoms with Crippen LogP contribution < -0.4 is 10.6 Å². The zero-order valence-corrected chi connectivity index (χ0v) is 10.5. The van der Waals surface area contributed by atoms with Gasteiger partial charge >= 0.3 is 0 Å². The highest BCUT2D eigenvalue weighted by molar-refractivity contribution is 7.11. The van der Waals surface area contributed by atoms with Gasteiger partial charge in [0.15, 0.2) is 0 Å². The Kier molecular flexibility index (Phi) is 6.55. The van der Waals surface area contributed by atoms with Crippen LogP contribution in [0, 0.1) is 0 Å². The molecule has 0 atom stereocenters. The van der Waals surface area contributed by atoms with Gasteiger partial charge in [-0.1, -0.05) is 13.8 Å². The molecule has 1 aromatic rings. The van der Waals surface area contributed by atoms with E-state index in [2.05, 4.69) is 29.5 Å². The van der Waals surface area contributed by atoms with E-state index in [9.17, 15) is 0 Å². The molecule has 0 saturated carbocycles. The molecule has 1 aromatic heterocycles. The number of nitrogens with zero attached hydrogens (tertiary/aromatic N) is 1. The van der Waals surface area contributed by atoms with Gasteiger partial charge in [0.2, 0.25) is 0 Å². The Morgan fingerprint density at radius 1 is 1.27 bits per heavy atom. The van der Waals surface area contributed by atoms with E-state index in [1.165, 1.54) is 16.3 Å². The molecule has 0 aliphatic carbocycles. The lowest BCUT2D eigenvalue weighted by Gasteiger charge is -2.02. The monoisotopic (exact) mass is 227 g/mol. The molecule has 3 nitrogen and oxygen atoms in total. The summed E-state index contributed by atoms with van der Waals surface area (Å²) in [7, 11) is 0. The number of aromatic nitrogens is 1. The van der Waals surface area contributed by atoms with Gasteiger partial charge in [0.05, 0.1) is 0 Å². The van der Waals surface area contributed by atoms with Gasteiger partial charge < -0.3 is 10.6 Å². The minimum absolute atomic E-state index is 0.913. The van der Waals surface area contributed by atoms with Crippen LogP contribution in [0.3, 0.4) is 0 Å². The quantitative estimate of drug-likeness (QED) is 0.665. The van der Waals surface area contributed by atoms with Crippen LogP contribution >= 0.6 is 11.3 Å². The summed E-state index contributed by atoms with van der Waals surface area (Å²) in [5.41, 5.74) is 0. The Bertz CT molecular complexity index is 260. The molecule has 0 bridgehead atoms. The molecule has 1 heterocycles. The van der Waals surface area contributed by atoms with Gasteiger partial charge in [0, 0.05) is 17.6 Å². The lowest BCUT2D eigenvalue weighted by Crippen LogP contribution is -2.21. The van der Waals surface area contributed by atoms with Gasteiger partial charge in [-0.15, -0.1) is 11.3 Å². The molecule has 0 radical (unpaired) electrons. The molecule has 0 amide bonds. The maximum atomic E-state index is 4.36. The van der Waals surface area contributed by atoms with E-state index >= 15 is 0 Å². The third-order valence-corrected chi connectivity index (χ3v) is 3.32. The highest BCUT2D eigenvalue weighted by Gasteiger charge is 1.98. The van der Waals surface area contributed by atoms with Gasteiger partial charge in [-0.25, -0.2) is 4.98 Å². The third kappa shape index (κ3) is 5.25. The van der Waals surface area contributed by atoms with Crippen molar-refractivity contribution in [1.82, 2.24) is 15.6 Å². The lowest BCUT2D eigenvalue weighted by atomic mass is 10.4. The molecule has 0 fully saturated rings. The number of rotatable bonds is 8. The van der Waals surface area contributed by atoms with Crippen molar-refractivity contribution in [3.05, 3.63) is 16.1 Å². The first-order valence-corrected chi connectivity index (χ1v) is 6.53. The normalized spacial score (nSPS) is 10.8. The predicted molar refractivity (Wildman–Crippen MR) is 66.4 cm³/mol. The number of aryl methyl sites for hydroxylation is 1. The third-order valence-electron chi connectivity index (χ3n) is 2.18. The molecule has 0 aromatic carbocycles. The molecule has 2 N–H and O–H groups in total. The van der Waals surface area contributed by atoms with Crippen molar-refractivity contribution in [2.75, 3.05) is 19.6 Å². The Balaban J connectivity index is 2.04. The van der Waals surface area contributed by atoms with Crippen molar-refractivity contribution in [2.24, 2.45) is 0 Å². The number of hydrogen-bond donors (Lipinski definition) is 2. The van der Waals surface area contributed by atoms with Crippen LogP contribution in [-0.4, -0.2) is 24.6 Å². The topological polar surface area (TPSA) is 37.0 Å². The second kappa shape index (κ2) is 7.79. The summed E-state index contributed by atoms with van der Waals surface area (Å²) in [5, 5.41) is 7.92. The Morgan fingerprint density at radius 3 is 2.73 bits per heavy atom. The molecule has 15 heavy (non-hydrogen) atoms. The van der Waals surface area contributed by atoms with Crippen molar-refractivity contribution >= 4 is 11.3 Å². The Hall–Kier alpha value is -0.450. The smallest absolute Gasteiger partial charge is 0.107 e. The second-order valence-electron chi connectivity index (χ2n) is 3.46. The minimum Gasteiger partial charge on any atom is -0.317 e. The number of hydrogen-bond acceptors (Lipinski definition) is 4. The molecular formula is C11H21N3S. The van der Waals surface area contributed by atoms with E-state index in [0.717, 1.165) is 32.6 Å². The van der Waals surface area contributed by atoms with E-state index in [1.807, 2.05) is 17.5 Å². The summed E-state index contributed by atoms with van der Waals surface area (Å²) in [6, 6.07) is 0. The Labute approximate surface area is 96.3 Å². The van der Waals surface area contributed by atoms with Crippen LogP contribution in [0.1, 0.15) is 30.2 Å². The van der Waals surface area contributed by atoms with Crippen LogP contribution in [0.25, 0.3) is 0 Å². The fourth-order valence-corrected chi connectivity index (χ4v) is 2.14. The molecule has 0 saturated heterocycles. The van der Waals surface area contributed by atoms with Crippen molar-refractivity contribution in [2.45, 2.75) is 33.2 Å². The van der Waals surface area contributed by atoms with Crippen LogP contribution in [0.15, 0.2) is 6.20 Å². The van der Waals surface area contributed by atoms with Gasteiger partial charge in [0.1, 0.15) is 5.01 Å². The summed E-state index contributed by atoms with van der Waals surface area (Å²) in [6.45, 7) is 8.44. The first kappa shape index (κ1) is 12.6. The van der Waals surface area contributed by atoms with Crippen molar-refractivity contribution in [3.8, 4) is 0 Å². The van der Waals surface area contributed by atoms with E-state index in [0.29, 0.717) is 0 Å². The van der Waals surface area contributed by atoms with Crippen LogP contribution in [0.4, 0.5) is 0 Å². The summed E-state index contributed by atoms with van der Waals surface area (Å²) in [5.74, 6) is 0. The van der Waals surface area contributed by atoms with Crippen LogP contribution in [0.2, 0.25) is 0 Å². The molecule has 86 valence electrons. The molecule has 0 unspecified atom stereocenters. The lowest BCUT2D eigenvalue weighted by molar-refractivity contribution is 0.605. The van der Waals surface area contributed by atoms with Crippen molar-refractivity contribution < 1.29 is 0 Å². The molecule has 1 rings (SSSR count). The van der Waals surface area contributed by atoms with Gasteiger partial charge in [-0.3, -0.25) is 0 Å². The molecular weight excluding hydrogens is 206 g/mol. The maximum Gasteiger partial charge on any atom is 0.107 e. The zero-order valence-electron chi connectivity index (χ0n) is 9.68. The maximum absolute atomic E-state index is 4.36. The van der Waals surface area contributed by atoms with Gasteiger partial charge in [-0.2, -0.15) is 0 Å². The predicted octanol–water partition coefficient (Wildman–Crippen LogP) is 1.79. The highest BCUT2D eigenvalue weighted by Crippen LogP contribution is 2.12. The first-order chi connectivity index (χ1) is 7.36. The number of nitrogens with one attached hydrogen (secondary N) is 2. The van der Waals surface area contributed by atoms with Gasteiger partial charge in [-0.05, 0) is 32.5 Å². The fourth-order valence-electron chi connectivity index (χ4n) is 1.30. The van der Waals surface area contributed by atoms with Gasteiger partial charge in [0.25, 0.3) is 0 Å². The average molecular weight is 227 g/mol. The average Bonchev–Trinajstić information content (AvgIpc) is 2.71. The summed E-state index contributed by atoms with van der Waals surface area (Å²) >= 11 is 1.81. The molecule has 0 spiro atoms. The van der Waals surface area contributed by atoms with Crippen molar-refractivity contribution in [1.29, 1.82) is 0 Å². The fraction of sp³-hybridized carbons (Fsp3) is 0.727. The Morgan fingerprint density at radius 2 is 2.07 bits per heavy atom. The van der Waals surface area contributed by atoms with Crippen LogP contribution in [0.5, 0.6) is 0 Å². The standard InChI is InChI=1S/C11H21N3S/c1-3-10-8-14-11(15-10)9-13-7-5-6-12-4-2/h8,12-13H,3-7,9H2,1-2H3. The SMILES string of the molecule is CCNCCCNCc1ncc(CC)s1. The highest BCUT2D eigenvalue weighted by atomic mass is 32.1. The van der Waals surface area contributed by atoms with E-state index < -0.39 is 0 Å². The summed E-state index contributed by atoms with van der Waals surface area (Å²) in [6.07, 6.45) is 4.26. The zero-order chi connectivity index (χ0) is 10.9. The van der Waals surface area contributed by atoms with Crippen LogP contribution in [-0.2, 0) is 13.0 Å². The van der Waals surface area contributed by atoms with E-state index in [1.54, 1.807) is 0 Å². The largest absolute Gasteiger partial charge is 0.317 e. The minimum atomic E-state index is 0.913. The summed E-state index contributed by atoms with van der Waals surface area (Å²) < 4.78 is 0. The van der Waals surface area contributed by atoms with E-state index in [-0.39, 0.29) is 0 Å². The summed E-state index contributed by atoms with van der Waals surface area (Å²) in [4.78, 5) is 5.74. The molecule has 0 aliphatic rings. The second-order valence-corrected chi connectivity index (χ2v) is 4.66. The molecule has 4 heteroatoms. The molecule has 0 aliphatic heterocycles. The van der Waals surface area contributed by atoms with Crippen molar-refractivity contribution in [3.63, 3.8) is 0 Å². The number of thiazole rings is 1.